The minimum atomic E-state index is -0.248. The van der Waals surface area contributed by atoms with Crippen molar-refractivity contribution < 1.29 is 14.3 Å². The molecule has 4 N–H and O–H groups in total. The number of carbonyl (C=O) groups excluding carboxylic acids is 2. The Labute approximate surface area is 223 Å². The van der Waals surface area contributed by atoms with Gasteiger partial charge in [0.2, 0.25) is 0 Å². The molecule has 1 aromatic carbocycles. The van der Waals surface area contributed by atoms with Crippen LogP contribution in [0.15, 0.2) is 55.0 Å². The Hall–Kier alpha value is -4.97. The number of H-pyrrole nitrogens is 1. The van der Waals surface area contributed by atoms with Crippen molar-refractivity contribution in [2.75, 3.05) is 51.6 Å². The van der Waals surface area contributed by atoms with Crippen molar-refractivity contribution in [1.29, 1.82) is 0 Å². The fourth-order valence-corrected chi connectivity index (χ4v) is 4.72. The number of rotatable bonds is 4. The number of amides is 3. The quantitative estimate of drug-likeness (QED) is 0.306. The lowest BCUT2D eigenvalue weighted by atomic mass is 10.1. The van der Waals surface area contributed by atoms with Gasteiger partial charge in [0.15, 0.2) is 5.65 Å². The number of fused-ring (bicyclic) bond motifs is 2. The molecule has 12 nitrogen and oxygen atoms in total. The number of morpholine rings is 1. The fraction of sp³-hybridized carbons (Fsp3) is 0.222. The number of urea groups is 1. The summed E-state index contributed by atoms with van der Waals surface area (Å²) in [6, 6.07) is 11.0. The van der Waals surface area contributed by atoms with Gasteiger partial charge in [0.1, 0.15) is 0 Å². The van der Waals surface area contributed by atoms with Crippen LogP contribution >= 0.6 is 0 Å². The zero-order valence-electron chi connectivity index (χ0n) is 21.5. The number of hydrogen-bond acceptors (Lipinski definition) is 7. The third-order valence-electron chi connectivity index (χ3n) is 6.81. The molecule has 1 aliphatic rings. The summed E-state index contributed by atoms with van der Waals surface area (Å²) in [5.74, 6) is 6.51. The number of aromatic amines is 1. The summed E-state index contributed by atoms with van der Waals surface area (Å²) in [6.45, 7) is 2.17. The summed E-state index contributed by atoms with van der Waals surface area (Å²) in [7, 11) is 3.34. The minimum Gasteiger partial charge on any atom is -0.378 e. The van der Waals surface area contributed by atoms with Crippen LogP contribution in [0.4, 0.5) is 10.5 Å². The Morgan fingerprint density at radius 2 is 1.85 bits per heavy atom. The van der Waals surface area contributed by atoms with Gasteiger partial charge in [0.05, 0.1) is 42.0 Å². The lowest BCUT2D eigenvalue weighted by molar-refractivity contribution is 0.0304. The first kappa shape index (κ1) is 24.4. The Bertz CT molecular complexity index is 1720. The van der Waals surface area contributed by atoms with Crippen LogP contribution in [0.1, 0.15) is 10.4 Å². The Balaban J connectivity index is 1.40. The van der Waals surface area contributed by atoms with Gasteiger partial charge in [-0.3, -0.25) is 19.6 Å². The second-order valence-corrected chi connectivity index (χ2v) is 9.52. The minimum absolute atomic E-state index is 0.0480. The first-order valence-electron chi connectivity index (χ1n) is 12.5. The number of nitrogens with zero attached hydrogens (tertiary/aromatic N) is 6. The molecule has 39 heavy (non-hydrogen) atoms. The fourth-order valence-electron chi connectivity index (χ4n) is 4.72. The summed E-state index contributed by atoms with van der Waals surface area (Å²) in [6.07, 6.45) is 5.00. The van der Waals surface area contributed by atoms with Gasteiger partial charge >= 0.3 is 6.03 Å². The first-order chi connectivity index (χ1) is 18.9. The third-order valence-corrected chi connectivity index (χ3v) is 6.81. The smallest absolute Gasteiger partial charge is 0.321 e. The largest absolute Gasteiger partial charge is 0.378 e. The molecule has 0 atom stereocenters. The average Bonchev–Trinajstić information content (AvgIpc) is 3.53. The number of nitrogens with two attached hydrogens (primary N) is 1. The summed E-state index contributed by atoms with van der Waals surface area (Å²) < 4.78 is 6.96. The molecule has 198 valence electrons. The van der Waals surface area contributed by atoms with E-state index >= 15 is 0 Å². The van der Waals surface area contributed by atoms with Crippen molar-refractivity contribution in [3.8, 4) is 22.5 Å². The highest BCUT2D eigenvalue weighted by molar-refractivity contribution is 6.08. The Morgan fingerprint density at radius 3 is 2.64 bits per heavy atom. The molecule has 0 spiro atoms. The van der Waals surface area contributed by atoms with E-state index < -0.39 is 0 Å². The number of anilines is 1. The van der Waals surface area contributed by atoms with E-state index in [1.54, 1.807) is 42.3 Å². The van der Waals surface area contributed by atoms with Crippen LogP contribution in [-0.4, -0.2) is 87.0 Å². The Kier molecular flexibility index (Phi) is 6.08. The number of nitrogen functional groups attached to an aromatic ring is 1. The van der Waals surface area contributed by atoms with Crippen LogP contribution in [0.3, 0.4) is 0 Å². The topological polar surface area (TPSA) is 147 Å². The van der Waals surface area contributed by atoms with Crippen LogP contribution in [0, 0.1) is 0 Å². The molecular weight excluding hydrogens is 498 g/mol. The SMILES string of the molecule is CN(C)C(=O)Nc1cncc(-c2cnc3n[nH]c(-c4cc5c(C(=O)N6CCOCC6)cccc5n4N)c3c2)c1. The van der Waals surface area contributed by atoms with Crippen molar-refractivity contribution in [1.82, 2.24) is 34.6 Å². The van der Waals surface area contributed by atoms with Crippen LogP contribution in [0.5, 0.6) is 0 Å². The molecule has 0 radical (unpaired) electrons. The van der Waals surface area contributed by atoms with Gasteiger partial charge in [0.25, 0.3) is 5.91 Å². The van der Waals surface area contributed by atoms with Crippen LogP contribution in [0.25, 0.3) is 44.5 Å². The summed E-state index contributed by atoms with van der Waals surface area (Å²) >= 11 is 0. The number of ether oxygens (including phenoxy) is 1. The summed E-state index contributed by atoms with van der Waals surface area (Å²) in [5, 5.41) is 11.8. The third kappa shape index (κ3) is 4.40. The molecule has 5 aromatic rings. The molecule has 5 heterocycles. The molecule has 1 fully saturated rings. The molecule has 0 aliphatic carbocycles. The number of aromatic nitrogens is 5. The maximum absolute atomic E-state index is 13.3. The van der Waals surface area contributed by atoms with Crippen LogP contribution in [0.2, 0.25) is 0 Å². The first-order valence-corrected chi connectivity index (χ1v) is 12.5. The van der Waals surface area contributed by atoms with E-state index in [1.807, 2.05) is 36.4 Å². The van der Waals surface area contributed by atoms with Crippen molar-refractivity contribution >= 4 is 39.6 Å². The van der Waals surface area contributed by atoms with Gasteiger partial charge in [-0.15, -0.1) is 0 Å². The predicted octanol–water partition coefficient (Wildman–Crippen LogP) is 2.92. The summed E-state index contributed by atoms with van der Waals surface area (Å²) in [5.41, 5.74) is 5.31. The molecule has 4 aromatic heterocycles. The van der Waals surface area contributed by atoms with Crippen molar-refractivity contribution in [2.45, 2.75) is 0 Å². The van der Waals surface area contributed by atoms with Crippen molar-refractivity contribution in [2.24, 2.45) is 0 Å². The van der Waals surface area contributed by atoms with Crippen LogP contribution in [-0.2, 0) is 4.74 Å². The highest BCUT2D eigenvalue weighted by atomic mass is 16.5. The van der Waals surface area contributed by atoms with Crippen LogP contribution < -0.4 is 11.2 Å². The van der Waals surface area contributed by atoms with E-state index in [1.165, 1.54) is 4.90 Å². The lowest BCUT2D eigenvalue weighted by Crippen LogP contribution is -2.40. The molecule has 6 rings (SSSR count). The highest BCUT2D eigenvalue weighted by Gasteiger charge is 2.23. The second-order valence-electron chi connectivity index (χ2n) is 9.52. The van der Waals surface area contributed by atoms with Gasteiger partial charge in [0, 0.05) is 67.0 Å². The molecule has 1 aliphatic heterocycles. The van der Waals surface area contributed by atoms with E-state index in [0.717, 1.165) is 27.4 Å². The van der Waals surface area contributed by atoms with Gasteiger partial charge < -0.3 is 25.7 Å². The molecule has 0 saturated carbocycles. The molecule has 1 saturated heterocycles. The van der Waals surface area contributed by atoms with Gasteiger partial charge in [-0.1, -0.05) is 6.07 Å². The molecule has 3 amide bonds. The molecule has 0 unspecified atom stereocenters. The van der Waals surface area contributed by atoms with Gasteiger partial charge in [-0.25, -0.2) is 9.78 Å². The molecular formula is C27H27N9O3. The number of benzene rings is 1. The monoisotopic (exact) mass is 525 g/mol. The van der Waals surface area contributed by atoms with Gasteiger partial charge in [-0.05, 0) is 30.3 Å². The normalized spacial score (nSPS) is 13.6. The van der Waals surface area contributed by atoms with E-state index in [-0.39, 0.29) is 11.9 Å². The number of pyridine rings is 2. The maximum atomic E-state index is 13.3. The highest BCUT2D eigenvalue weighted by Crippen LogP contribution is 2.33. The second kappa shape index (κ2) is 9.72. The maximum Gasteiger partial charge on any atom is 0.321 e. The van der Waals surface area contributed by atoms with E-state index in [2.05, 4.69) is 25.5 Å². The summed E-state index contributed by atoms with van der Waals surface area (Å²) in [4.78, 5) is 37.5. The standard InChI is InChI=1S/C27H27N9O3/c1-34(2)27(38)31-18-10-16(13-29-15-18)17-11-21-24(32-33-25(21)30-14-17)23-12-20-19(4-3-5-22(20)36(23)28)26(37)35-6-8-39-9-7-35/h3-5,10-15H,6-9,28H2,1-2H3,(H,31,38)(H,30,32,33). The van der Waals surface area contributed by atoms with Gasteiger partial charge in [-0.2, -0.15) is 5.10 Å². The van der Waals surface area contributed by atoms with E-state index in [4.69, 9.17) is 10.6 Å². The van der Waals surface area contributed by atoms with Crippen molar-refractivity contribution in [3.63, 3.8) is 0 Å². The average molecular weight is 526 g/mol. The lowest BCUT2D eigenvalue weighted by Gasteiger charge is -2.27. The molecule has 12 heteroatoms. The zero-order valence-corrected chi connectivity index (χ0v) is 21.5. The van der Waals surface area contributed by atoms with E-state index in [9.17, 15) is 9.59 Å². The molecule has 0 bridgehead atoms. The number of carbonyl (C=O) groups is 2. The zero-order chi connectivity index (χ0) is 27.1. The number of nitrogens with one attached hydrogen (secondary N) is 2. The predicted molar refractivity (Wildman–Crippen MR) is 148 cm³/mol. The van der Waals surface area contributed by atoms with E-state index in [0.29, 0.717) is 54.6 Å². The van der Waals surface area contributed by atoms with Crippen molar-refractivity contribution in [3.05, 3.63) is 60.6 Å². The Morgan fingerprint density at radius 1 is 1.05 bits per heavy atom. The number of hydrogen-bond donors (Lipinski definition) is 3.